The number of carbonyl (C=O) groups excluding carboxylic acids is 1. The fourth-order valence-corrected chi connectivity index (χ4v) is 1.90. The summed E-state index contributed by atoms with van der Waals surface area (Å²) in [5, 5.41) is 15.6. The molecule has 0 aliphatic heterocycles. The minimum atomic E-state index is -0.195. The molecule has 0 bridgehead atoms. The lowest BCUT2D eigenvalue weighted by atomic mass is 10.0. The summed E-state index contributed by atoms with van der Waals surface area (Å²) in [4.78, 5) is 12.2. The highest BCUT2D eigenvalue weighted by molar-refractivity contribution is 5.96. The Bertz CT molecular complexity index is 667. The first-order chi connectivity index (χ1) is 10.2. The number of aliphatic hydroxyl groups is 1. The molecule has 5 heteroatoms. The highest BCUT2D eigenvalue weighted by Crippen LogP contribution is 2.10. The van der Waals surface area contributed by atoms with Gasteiger partial charge in [0.1, 0.15) is 6.61 Å². The molecule has 1 heterocycles. The van der Waals surface area contributed by atoms with Gasteiger partial charge in [-0.3, -0.25) is 9.48 Å². The van der Waals surface area contributed by atoms with Crippen LogP contribution in [0.15, 0.2) is 36.7 Å². The van der Waals surface area contributed by atoms with Crippen molar-refractivity contribution >= 4 is 5.91 Å². The van der Waals surface area contributed by atoms with Gasteiger partial charge in [0.2, 0.25) is 0 Å². The molecule has 2 aromatic rings. The van der Waals surface area contributed by atoms with Crippen LogP contribution in [0.25, 0.3) is 0 Å². The van der Waals surface area contributed by atoms with E-state index in [-0.39, 0.29) is 12.5 Å². The Hall–Kier alpha value is -2.58. The van der Waals surface area contributed by atoms with E-state index in [1.807, 2.05) is 31.3 Å². The maximum atomic E-state index is 12.2. The highest BCUT2D eigenvalue weighted by atomic mass is 16.2. The number of hydrogen-bond donors (Lipinski definition) is 2. The molecule has 0 spiro atoms. The summed E-state index contributed by atoms with van der Waals surface area (Å²) in [6.45, 7) is 2.82. The molecule has 0 saturated heterocycles. The lowest BCUT2D eigenvalue weighted by Crippen LogP contribution is -2.28. The van der Waals surface area contributed by atoms with Crippen LogP contribution in [0.1, 0.15) is 21.5 Å². The Morgan fingerprint density at radius 1 is 1.48 bits per heavy atom. The smallest absolute Gasteiger partial charge is 0.251 e. The second-order valence-electron chi connectivity index (χ2n) is 4.51. The minimum absolute atomic E-state index is 0.132. The quantitative estimate of drug-likeness (QED) is 0.822. The maximum Gasteiger partial charge on any atom is 0.251 e. The van der Waals surface area contributed by atoms with Gasteiger partial charge < -0.3 is 10.4 Å². The van der Waals surface area contributed by atoms with Crippen LogP contribution in [0.4, 0.5) is 0 Å². The van der Waals surface area contributed by atoms with E-state index >= 15 is 0 Å². The number of rotatable bonds is 4. The van der Waals surface area contributed by atoms with Crippen molar-refractivity contribution in [2.75, 3.05) is 13.2 Å². The summed E-state index contributed by atoms with van der Waals surface area (Å²) in [6, 6.07) is 7.26. The van der Waals surface area contributed by atoms with Crippen LogP contribution >= 0.6 is 0 Å². The number of hydrogen-bond acceptors (Lipinski definition) is 3. The Morgan fingerprint density at radius 2 is 2.33 bits per heavy atom. The molecule has 5 nitrogen and oxygen atoms in total. The van der Waals surface area contributed by atoms with E-state index < -0.39 is 0 Å². The first-order valence-corrected chi connectivity index (χ1v) is 6.66. The van der Waals surface area contributed by atoms with E-state index in [9.17, 15) is 4.79 Å². The van der Waals surface area contributed by atoms with E-state index in [1.54, 1.807) is 16.9 Å². The predicted molar refractivity (Wildman–Crippen MR) is 79.7 cm³/mol. The van der Waals surface area contributed by atoms with Crippen molar-refractivity contribution in [2.45, 2.75) is 13.5 Å². The summed E-state index contributed by atoms with van der Waals surface area (Å²) < 4.78 is 1.76. The summed E-state index contributed by atoms with van der Waals surface area (Å²) in [6.07, 6.45) is 3.55. The molecular formula is C16H17N3O2. The van der Waals surface area contributed by atoms with Gasteiger partial charge in [0, 0.05) is 30.1 Å². The van der Waals surface area contributed by atoms with Gasteiger partial charge in [-0.15, -0.1) is 0 Å². The van der Waals surface area contributed by atoms with Crippen molar-refractivity contribution in [1.29, 1.82) is 0 Å². The average molecular weight is 283 g/mol. The van der Waals surface area contributed by atoms with Crippen LogP contribution in [0, 0.1) is 18.8 Å². The maximum absolute atomic E-state index is 12.2. The third-order valence-electron chi connectivity index (χ3n) is 2.98. The van der Waals surface area contributed by atoms with E-state index in [4.69, 9.17) is 5.11 Å². The number of nitrogens with zero attached hydrogens (tertiary/aromatic N) is 2. The van der Waals surface area contributed by atoms with E-state index in [0.717, 1.165) is 5.56 Å². The monoisotopic (exact) mass is 283 g/mol. The molecule has 0 atom stereocenters. The van der Waals surface area contributed by atoms with Crippen LogP contribution in [-0.2, 0) is 6.54 Å². The summed E-state index contributed by atoms with van der Waals surface area (Å²) >= 11 is 0. The second kappa shape index (κ2) is 7.27. The minimum Gasteiger partial charge on any atom is -0.384 e. The third kappa shape index (κ3) is 4.20. The molecule has 21 heavy (non-hydrogen) atoms. The van der Waals surface area contributed by atoms with Crippen molar-refractivity contribution in [3.05, 3.63) is 53.3 Å². The van der Waals surface area contributed by atoms with Gasteiger partial charge >= 0.3 is 0 Å². The third-order valence-corrected chi connectivity index (χ3v) is 2.98. The number of nitrogens with one attached hydrogen (secondary N) is 1. The summed E-state index contributed by atoms with van der Waals surface area (Å²) in [7, 11) is 0. The molecule has 2 N–H and O–H groups in total. The van der Waals surface area contributed by atoms with Gasteiger partial charge in [0.15, 0.2) is 0 Å². The van der Waals surface area contributed by atoms with Gasteiger partial charge in [-0.2, -0.15) is 5.10 Å². The fourth-order valence-electron chi connectivity index (χ4n) is 1.90. The number of amides is 1. The first-order valence-electron chi connectivity index (χ1n) is 6.66. The Labute approximate surface area is 123 Å². The molecule has 0 aliphatic carbocycles. The number of aromatic nitrogens is 2. The molecule has 2 rings (SSSR count). The van der Waals surface area contributed by atoms with E-state index in [1.165, 1.54) is 0 Å². The molecule has 0 fully saturated rings. The molecule has 0 radical (unpaired) electrons. The van der Waals surface area contributed by atoms with Gasteiger partial charge in [-0.25, -0.2) is 0 Å². The van der Waals surface area contributed by atoms with Gasteiger partial charge in [-0.1, -0.05) is 17.9 Å². The molecule has 1 amide bonds. The topological polar surface area (TPSA) is 67.2 Å². The first kappa shape index (κ1) is 14.8. The number of aryl methyl sites for hydroxylation is 1. The zero-order valence-corrected chi connectivity index (χ0v) is 11.8. The molecule has 0 aliphatic rings. The van der Waals surface area contributed by atoms with E-state index in [2.05, 4.69) is 22.3 Å². The van der Waals surface area contributed by atoms with Crippen molar-refractivity contribution in [3.63, 3.8) is 0 Å². The van der Waals surface area contributed by atoms with Crippen LogP contribution in [0.2, 0.25) is 0 Å². The Morgan fingerprint density at radius 3 is 3.05 bits per heavy atom. The predicted octanol–water partition coefficient (Wildman–Crippen LogP) is 0.965. The largest absolute Gasteiger partial charge is 0.384 e. The summed E-state index contributed by atoms with van der Waals surface area (Å²) in [5.41, 5.74) is 2.20. The van der Waals surface area contributed by atoms with Crippen LogP contribution in [0.3, 0.4) is 0 Å². The van der Waals surface area contributed by atoms with E-state index in [0.29, 0.717) is 24.2 Å². The van der Waals surface area contributed by atoms with Crippen molar-refractivity contribution < 1.29 is 9.90 Å². The molecule has 108 valence electrons. The van der Waals surface area contributed by atoms with Crippen LogP contribution in [-0.4, -0.2) is 33.9 Å². The van der Waals surface area contributed by atoms with Gasteiger partial charge in [-0.05, 0) is 30.7 Å². The zero-order valence-electron chi connectivity index (χ0n) is 11.8. The number of benzene rings is 1. The second-order valence-corrected chi connectivity index (χ2v) is 4.51. The standard InChI is InChI=1S/C16H17N3O2/c1-13-5-6-14(4-2-11-20)12-15(13)16(21)17-8-10-19-9-3-7-18-19/h3,5-7,9,12,20H,8,10-11H2,1H3,(H,17,21). The molecule has 1 aromatic carbocycles. The zero-order chi connectivity index (χ0) is 15.1. The molecule has 0 saturated carbocycles. The van der Waals surface area contributed by atoms with Crippen LogP contribution < -0.4 is 5.32 Å². The number of aliphatic hydroxyl groups excluding tert-OH is 1. The number of carbonyl (C=O) groups is 1. The SMILES string of the molecule is Cc1ccc(C#CCO)cc1C(=O)NCCn1cccn1. The molecule has 1 aromatic heterocycles. The Balaban J connectivity index is 2.00. The average Bonchev–Trinajstić information content (AvgIpc) is 2.99. The lowest BCUT2D eigenvalue weighted by molar-refractivity contribution is 0.0951. The van der Waals surface area contributed by atoms with Crippen molar-refractivity contribution in [1.82, 2.24) is 15.1 Å². The van der Waals surface area contributed by atoms with Crippen LogP contribution in [0.5, 0.6) is 0 Å². The highest BCUT2D eigenvalue weighted by Gasteiger charge is 2.09. The van der Waals surface area contributed by atoms with Crippen molar-refractivity contribution in [2.24, 2.45) is 0 Å². The van der Waals surface area contributed by atoms with Gasteiger partial charge in [0.05, 0.1) is 6.54 Å². The van der Waals surface area contributed by atoms with Gasteiger partial charge in [0.25, 0.3) is 5.91 Å². The fraction of sp³-hybridized carbons (Fsp3) is 0.250. The molecule has 0 unspecified atom stereocenters. The lowest BCUT2D eigenvalue weighted by Gasteiger charge is -2.08. The Kier molecular flexibility index (Phi) is 5.13. The summed E-state index contributed by atoms with van der Waals surface area (Å²) in [5.74, 6) is 5.24. The molecular weight excluding hydrogens is 266 g/mol. The van der Waals surface area contributed by atoms with Crippen molar-refractivity contribution in [3.8, 4) is 11.8 Å². The normalized spacial score (nSPS) is 9.81.